The van der Waals surface area contributed by atoms with Gasteiger partial charge >= 0.3 is 6.01 Å². The fourth-order valence-corrected chi connectivity index (χ4v) is 3.92. The van der Waals surface area contributed by atoms with Gasteiger partial charge in [0.05, 0.1) is 30.0 Å². The van der Waals surface area contributed by atoms with Crippen LogP contribution < -0.4 is 15.2 Å². The highest BCUT2D eigenvalue weighted by Crippen LogP contribution is 2.44. The Kier molecular flexibility index (Phi) is 5.62. The Morgan fingerprint density at radius 2 is 1.94 bits per heavy atom. The summed E-state index contributed by atoms with van der Waals surface area (Å²) >= 11 is 0. The van der Waals surface area contributed by atoms with Crippen molar-refractivity contribution in [2.45, 2.75) is 6.92 Å². The molecule has 10 nitrogen and oxygen atoms in total. The molecule has 0 amide bonds. The predicted octanol–water partition coefficient (Wildman–Crippen LogP) is 3.69. The van der Waals surface area contributed by atoms with E-state index in [0.717, 1.165) is 0 Å². The number of hydrogen-bond donors (Lipinski definition) is 1. The number of nitrogen functional groups attached to an aromatic ring is 1. The van der Waals surface area contributed by atoms with Crippen molar-refractivity contribution in [1.82, 2.24) is 34.5 Å². The number of ether oxygens (including phenoxy) is 2. The number of pyridine rings is 2. The van der Waals surface area contributed by atoms with E-state index in [1.54, 1.807) is 43.1 Å². The van der Waals surface area contributed by atoms with Crippen LogP contribution >= 0.6 is 0 Å². The van der Waals surface area contributed by atoms with Gasteiger partial charge in [-0.3, -0.25) is 0 Å². The highest BCUT2D eigenvalue weighted by atomic mass is 19.1. The van der Waals surface area contributed by atoms with E-state index in [9.17, 15) is 0 Å². The second kappa shape index (κ2) is 8.92. The van der Waals surface area contributed by atoms with Crippen molar-refractivity contribution >= 4 is 16.9 Å². The zero-order chi connectivity index (χ0) is 25.4. The summed E-state index contributed by atoms with van der Waals surface area (Å²) in [6, 6.07) is 4.63. The Hall–Kier alpha value is -5.11. The average Bonchev–Trinajstić information content (AvgIpc) is 3.16. The number of rotatable bonds is 5. The number of nitrogens with zero attached hydrogens (tertiary/aromatic N) is 7. The van der Waals surface area contributed by atoms with Gasteiger partial charge in [-0.15, -0.1) is 6.42 Å². The summed E-state index contributed by atoms with van der Waals surface area (Å²) in [5.41, 5.74) is 9.26. The lowest BCUT2D eigenvalue weighted by Gasteiger charge is -2.13. The van der Waals surface area contributed by atoms with Crippen molar-refractivity contribution in [3.05, 3.63) is 60.3 Å². The maximum absolute atomic E-state index is 15.6. The Morgan fingerprint density at radius 1 is 1.11 bits per heavy atom. The first-order valence-electron chi connectivity index (χ1n) is 10.6. The smallest absolute Gasteiger partial charge is 0.322 e. The summed E-state index contributed by atoms with van der Waals surface area (Å²) in [6.07, 6.45) is 11.3. The number of halogens is 1. The second-order valence-electron chi connectivity index (χ2n) is 7.74. The summed E-state index contributed by atoms with van der Waals surface area (Å²) in [7, 11) is 3.28. The summed E-state index contributed by atoms with van der Waals surface area (Å²) in [5, 5.41) is 0.431. The summed E-state index contributed by atoms with van der Waals surface area (Å²) in [4.78, 5) is 25.3. The Labute approximate surface area is 205 Å². The first-order chi connectivity index (χ1) is 17.4. The van der Waals surface area contributed by atoms with Crippen LogP contribution in [0.4, 0.5) is 10.2 Å². The molecule has 0 fully saturated rings. The van der Waals surface area contributed by atoms with Gasteiger partial charge in [0.25, 0.3) is 0 Å². The average molecular weight is 482 g/mol. The summed E-state index contributed by atoms with van der Waals surface area (Å²) < 4.78 is 28.6. The highest BCUT2D eigenvalue weighted by Gasteiger charge is 2.27. The molecule has 5 heterocycles. The monoisotopic (exact) mass is 482 g/mol. The number of anilines is 1. The van der Waals surface area contributed by atoms with Crippen LogP contribution in [0.1, 0.15) is 11.4 Å². The molecule has 5 aromatic rings. The maximum atomic E-state index is 15.6. The third-order valence-corrected chi connectivity index (χ3v) is 5.52. The first-order valence-corrected chi connectivity index (χ1v) is 10.6. The molecule has 0 aliphatic rings. The van der Waals surface area contributed by atoms with E-state index in [1.807, 2.05) is 0 Å². The number of terminal acetylenes is 1. The molecule has 178 valence electrons. The minimum Gasteiger partial charge on any atom is -0.496 e. The topological polar surface area (TPSA) is 127 Å². The second-order valence-corrected chi connectivity index (χ2v) is 7.74. The van der Waals surface area contributed by atoms with E-state index in [2.05, 4.69) is 35.8 Å². The van der Waals surface area contributed by atoms with Crippen molar-refractivity contribution < 1.29 is 13.9 Å². The minimum absolute atomic E-state index is 0.0118. The van der Waals surface area contributed by atoms with Gasteiger partial charge in [0.15, 0.2) is 11.6 Å². The fourth-order valence-electron chi connectivity index (χ4n) is 3.92. The van der Waals surface area contributed by atoms with Crippen molar-refractivity contribution in [2.24, 2.45) is 7.05 Å². The lowest BCUT2D eigenvalue weighted by Crippen LogP contribution is -2.00. The standard InChI is InChI=1S/C25H19FN8O2/c1-5-14-8-18(35-4)16(11-29-14)22-19(20-23(27)31-12-32-24(20)34(22)3)21-17(26)9-15(10-30-21)36-25-28-7-6-13(2)33-25/h1,6-12H,2-4H3,(H2,27,31,32). The zero-order valence-electron chi connectivity index (χ0n) is 19.5. The van der Waals surface area contributed by atoms with Crippen molar-refractivity contribution in [2.75, 3.05) is 12.8 Å². The number of aromatic nitrogens is 7. The van der Waals surface area contributed by atoms with Gasteiger partial charge in [-0.05, 0) is 13.0 Å². The van der Waals surface area contributed by atoms with Crippen LogP contribution in [-0.2, 0) is 7.05 Å². The Morgan fingerprint density at radius 3 is 2.67 bits per heavy atom. The van der Waals surface area contributed by atoms with Gasteiger partial charge in [-0.2, -0.15) is 0 Å². The normalized spacial score (nSPS) is 10.9. The molecule has 5 aromatic heterocycles. The molecule has 11 heteroatoms. The van der Waals surface area contributed by atoms with Crippen molar-refractivity contribution in [3.8, 4) is 52.4 Å². The molecule has 0 spiro atoms. The molecule has 0 unspecified atom stereocenters. The quantitative estimate of drug-likeness (QED) is 0.373. The van der Waals surface area contributed by atoms with Gasteiger partial charge in [0, 0.05) is 42.8 Å². The van der Waals surface area contributed by atoms with Crippen LogP contribution in [0.2, 0.25) is 0 Å². The van der Waals surface area contributed by atoms with Crippen LogP contribution in [0.5, 0.6) is 17.5 Å². The largest absolute Gasteiger partial charge is 0.496 e. The molecule has 0 aliphatic heterocycles. The van der Waals surface area contributed by atoms with Gasteiger partial charge in [0.1, 0.15) is 34.9 Å². The van der Waals surface area contributed by atoms with Crippen LogP contribution in [0.25, 0.3) is 33.5 Å². The zero-order valence-corrected chi connectivity index (χ0v) is 19.5. The third-order valence-electron chi connectivity index (χ3n) is 5.52. The van der Waals surface area contributed by atoms with Crippen LogP contribution in [0, 0.1) is 25.1 Å². The van der Waals surface area contributed by atoms with E-state index in [-0.39, 0.29) is 23.3 Å². The van der Waals surface area contributed by atoms with Gasteiger partial charge in [-0.1, -0.05) is 5.92 Å². The number of hydrogen-bond acceptors (Lipinski definition) is 9. The maximum Gasteiger partial charge on any atom is 0.322 e. The number of nitrogens with two attached hydrogens (primary N) is 1. The molecule has 0 aliphatic carbocycles. The summed E-state index contributed by atoms with van der Waals surface area (Å²) in [6.45, 7) is 1.80. The number of fused-ring (bicyclic) bond motifs is 1. The van der Waals surface area contributed by atoms with Gasteiger partial charge in [-0.25, -0.2) is 34.3 Å². The molecule has 0 bridgehead atoms. The molecular weight excluding hydrogens is 463 g/mol. The molecule has 2 N–H and O–H groups in total. The molecule has 0 radical (unpaired) electrons. The van der Waals surface area contributed by atoms with E-state index < -0.39 is 5.82 Å². The molecule has 5 rings (SSSR count). The highest BCUT2D eigenvalue weighted by molar-refractivity contribution is 6.07. The van der Waals surface area contributed by atoms with Crippen LogP contribution in [0.3, 0.4) is 0 Å². The molecule has 36 heavy (non-hydrogen) atoms. The summed E-state index contributed by atoms with van der Waals surface area (Å²) in [5.74, 6) is 2.55. The molecule has 0 aromatic carbocycles. The van der Waals surface area contributed by atoms with Crippen molar-refractivity contribution in [1.29, 1.82) is 0 Å². The molecule has 0 saturated heterocycles. The van der Waals surface area contributed by atoms with E-state index >= 15 is 4.39 Å². The fraction of sp³-hybridized carbons (Fsp3) is 0.120. The third kappa shape index (κ3) is 3.80. The van der Waals surface area contributed by atoms with Crippen LogP contribution in [-0.4, -0.2) is 41.6 Å². The van der Waals surface area contributed by atoms with Gasteiger partial charge < -0.3 is 19.8 Å². The lowest BCUT2D eigenvalue weighted by molar-refractivity contribution is 0.415. The van der Waals surface area contributed by atoms with Crippen LogP contribution in [0.15, 0.2) is 43.1 Å². The SMILES string of the molecule is C#Cc1cc(OC)c(-c2c(-c3ncc(Oc4nccc(C)n4)cc3F)c3c(N)ncnc3n2C)cn1. The first kappa shape index (κ1) is 22.7. The molecule has 0 atom stereocenters. The van der Waals surface area contributed by atoms with E-state index in [1.165, 1.54) is 25.7 Å². The van der Waals surface area contributed by atoms with Gasteiger partial charge in [0.2, 0.25) is 0 Å². The lowest BCUT2D eigenvalue weighted by atomic mass is 10.0. The van der Waals surface area contributed by atoms with Crippen molar-refractivity contribution in [3.63, 3.8) is 0 Å². The Bertz CT molecular complexity index is 1680. The van der Waals surface area contributed by atoms with E-state index in [0.29, 0.717) is 45.0 Å². The molecule has 0 saturated carbocycles. The number of aryl methyl sites for hydroxylation is 2. The van der Waals surface area contributed by atoms with E-state index in [4.69, 9.17) is 21.6 Å². The number of methoxy groups -OCH3 is 1. The minimum atomic E-state index is -0.663. The molecular formula is C25H19FN8O2. The predicted molar refractivity (Wildman–Crippen MR) is 131 cm³/mol. The Balaban J connectivity index is 1.73.